The van der Waals surface area contributed by atoms with Gasteiger partial charge >= 0.3 is 5.97 Å². The van der Waals surface area contributed by atoms with Gasteiger partial charge in [-0.15, -0.1) is 0 Å². The number of nitrogens with one attached hydrogen (secondary N) is 1. The lowest BCUT2D eigenvalue weighted by Gasteiger charge is -2.13. The standard InChI is InChI=1S/C14H18ClNO2/c1-3-11(14(17)18)8-9-16-10(2)12-4-6-13(15)7-5-12/h4-8,10,16H,3,9H2,1-2H3,(H,17,18)/b11-8-/t10-/m1/s1. The Bertz CT molecular complexity index is 426. The lowest BCUT2D eigenvalue weighted by atomic mass is 10.1. The molecule has 0 radical (unpaired) electrons. The Morgan fingerprint density at radius 2 is 2.06 bits per heavy atom. The van der Waals surface area contributed by atoms with E-state index in [0.29, 0.717) is 23.6 Å². The van der Waals surface area contributed by atoms with Crippen molar-refractivity contribution < 1.29 is 9.90 Å². The van der Waals surface area contributed by atoms with Crippen LogP contribution in [0.15, 0.2) is 35.9 Å². The van der Waals surface area contributed by atoms with Crippen molar-refractivity contribution in [2.45, 2.75) is 26.3 Å². The average Bonchev–Trinajstić information content (AvgIpc) is 2.34. The Morgan fingerprint density at radius 3 is 2.56 bits per heavy atom. The molecule has 0 saturated carbocycles. The highest BCUT2D eigenvalue weighted by Crippen LogP contribution is 2.15. The van der Waals surface area contributed by atoms with E-state index < -0.39 is 5.97 Å². The number of halogens is 1. The van der Waals surface area contributed by atoms with Gasteiger partial charge in [-0.05, 0) is 31.0 Å². The topological polar surface area (TPSA) is 49.3 Å². The number of benzene rings is 1. The summed E-state index contributed by atoms with van der Waals surface area (Å²) in [6.45, 7) is 4.41. The maximum absolute atomic E-state index is 10.8. The molecule has 0 unspecified atom stereocenters. The van der Waals surface area contributed by atoms with Gasteiger partial charge in [0.25, 0.3) is 0 Å². The molecule has 1 aromatic carbocycles. The molecule has 1 atom stereocenters. The fourth-order valence-corrected chi connectivity index (χ4v) is 1.74. The highest BCUT2D eigenvalue weighted by Gasteiger charge is 2.05. The van der Waals surface area contributed by atoms with Crippen LogP contribution in [0.2, 0.25) is 5.02 Å². The molecule has 0 saturated heterocycles. The van der Waals surface area contributed by atoms with Crippen molar-refractivity contribution >= 4 is 17.6 Å². The fraction of sp³-hybridized carbons (Fsp3) is 0.357. The molecule has 2 N–H and O–H groups in total. The van der Waals surface area contributed by atoms with E-state index in [2.05, 4.69) is 5.32 Å². The SMILES string of the molecule is CC/C(=C/CN[C@H](C)c1ccc(Cl)cc1)C(=O)O. The van der Waals surface area contributed by atoms with E-state index in [0.717, 1.165) is 5.56 Å². The third-order valence-electron chi connectivity index (χ3n) is 2.80. The molecule has 0 aliphatic heterocycles. The van der Waals surface area contributed by atoms with Gasteiger partial charge in [0.15, 0.2) is 0 Å². The first-order valence-corrected chi connectivity index (χ1v) is 6.33. The van der Waals surface area contributed by atoms with Gasteiger partial charge in [-0.3, -0.25) is 0 Å². The smallest absolute Gasteiger partial charge is 0.331 e. The summed E-state index contributed by atoms with van der Waals surface area (Å²) in [5.74, 6) is -0.849. The largest absolute Gasteiger partial charge is 0.478 e. The van der Waals surface area contributed by atoms with E-state index in [1.165, 1.54) is 0 Å². The van der Waals surface area contributed by atoms with Gasteiger partial charge in [-0.1, -0.05) is 36.7 Å². The van der Waals surface area contributed by atoms with Crippen LogP contribution in [0.5, 0.6) is 0 Å². The molecule has 0 amide bonds. The van der Waals surface area contributed by atoms with Crippen molar-refractivity contribution in [3.63, 3.8) is 0 Å². The lowest BCUT2D eigenvalue weighted by Crippen LogP contribution is -2.19. The quantitative estimate of drug-likeness (QED) is 0.777. The van der Waals surface area contributed by atoms with Gasteiger partial charge in [0.2, 0.25) is 0 Å². The van der Waals surface area contributed by atoms with Crippen LogP contribution in [0, 0.1) is 0 Å². The summed E-state index contributed by atoms with van der Waals surface area (Å²) >= 11 is 5.82. The number of carboxylic acids is 1. The number of carboxylic acid groups (broad SMARTS) is 1. The van der Waals surface area contributed by atoms with Gasteiger partial charge in [0.05, 0.1) is 0 Å². The number of carbonyl (C=O) groups is 1. The second kappa shape index (κ2) is 7.19. The van der Waals surface area contributed by atoms with Crippen LogP contribution < -0.4 is 5.32 Å². The molecule has 18 heavy (non-hydrogen) atoms. The molecule has 0 fully saturated rings. The molecule has 0 heterocycles. The molecule has 0 aromatic heterocycles. The highest BCUT2D eigenvalue weighted by molar-refractivity contribution is 6.30. The predicted molar refractivity (Wildman–Crippen MR) is 73.9 cm³/mol. The minimum absolute atomic E-state index is 0.158. The average molecular weight is 268 g/mol. The first kappa shape index (κ1) is 14.7. The number of hydrogen-bond donors (Lipinski definition) is 2. The summed E-state index contributed by atoms with van der Waals surface area (Å²) in [4.78, 5) is 10.8. The molecule has 1 rings (SSSR count). The molecule has 0 aliphatic rings. The summed E-state index contributed by atoms with van der Waals surface area (Å²) in [5.41, 5.74) is 1.56. The summed E-state index contributed by atoms with van der Waals surface area (Å²) < 4.78 is 0. The second-order valence-corrected chi connectivity index (χ2v) is 4.51. The van der Waals surface area contributed by atoms with Gasteiger partial charge in [0, 0.05) is 23.2 Å². The van der Waals surface area contributed by atoms with Crippen molar-refractivity contribution in [1.29, 1.82) is 0 Å². The molecule has 0 aliphatic carbocycles. The first-order chi connectivity index (χ1) is 8.54. The summed E-state index contributed by atoms with van der Waals surface area (Å²) in [5, 5.41) is 12.8. The van der Waals surface area contributed by atoms with E-state index in [4.69, 9.17) is 16.7 Å². The monoisotopic (exact) mass is 267 g/mol. The van der Waals surface area contributed by atoms with Crippen molar-refractivity contribution in [2.24, 2.45) is 0 Å². The molecular weight excluding hydrogens is 250 g/mol. The van der Waals surface area contributed by atoms with E-state index in [1.807, 2.05) is 38.1 Å². The number of hydrogen-bond acceptors (Lipinski definition) is 2. The van der Waals surface area contributed by atoms with Gasteiger partial charge in [0.1, 0.15) is 0 Å². The molecular formula is C14H18ClNO2. The number of aliphatic carboxylic acids is 1. The molecule has 3 nitrogen and oxygen atoms in total. The van der Waals surface area contributed by atoms with E-state index in [-0.39, 0.29) is 6.04 Å². The third kappa shape index (κ3) is 4.51. The fourth-order valence-electron chi connectivity index (χ4n) is 1.61. The maximum Gasteiger partial charge on any atom is 0.331 e. The Morgan fingerprint density at radius 1 is 1.44 bits per heavy atom. The zero-order valence-corrected chi connectivity index (χ0v) is 11.4. The molecule has 98 valence electrons. The Hall–Kier alpha value is -1.32. The third-order valence-corrected chi connectivity index (χ3v) is 3.05. The predicted octanol–water partition coefficient (Wildman–Crippen LogP) is 3.41. The van der Waals surface area contributed by atoms with Crippen LogP contribution in [-0.4, -0.2) is 17.6 Å². The Kier molecular flexibility index (Phi) is 5.89. The van der Waals surface area contributed by atoms with Crippen molar-refractivity contribution in [3.8, 4) is 0 Å². The van der Waals surface area contributed by atoms with E-state index in [9.17, 15) is 4.79 Å². The zero-order valence-electron chi connectivity index (χ0n) is 10.6. The minimum Gasteiger partial charge on any atom is -0.478 e. The summed E-state index contributed by atoms with van der Waals surface area (Å²) in [6.07, 6.45) is 2.25. The van der Waals surface area contributed by atoms with E-state index >= 15 is 0 Å². The van der Waals surface area contributed by atoms with Gasteiger partial charge in [-0.25, -0.2) is 4.79 Å². The van der Waals surface area contributed by atoms with Crippen LogP contribution in [-0.2, 0) is 4.79 Å². The second-order valence-electron chi connectivity index (χ2n) is 4.07. The summed E-state index contributed by atoms with van der Waals surface area (Å²) in [7, 11) is 0. The van der Waals surface area contributed by atoms with Crippen LogP contribution in [0.3, 0.4) is 0 Å². The molecule has 1 aromatic rings. The van der Waals surface area contributed by atoms with Crippen LogP contribution in [0.1, 0.15) is 31.9 Å². The normalized spacial score (nSPS) is 13.4. The van der Waals surface area contributed by atoms with Crippen molar-refractivity contribution in [3.05, 3.63) is 46.5 Å². The van der Waals surface area contributed by atoms with Crippen molar-refractivity contribution in [1.82, 2.24) is 5.32 Å². The molecule has 0 bridgehead atoms. The zero-order chi connectivity index (χ0) is 13.5. The molecule has 0 spiro atoms. The minimum atomic E-state index is -0.849. The molecule has 4 heteroatoms. The Labute approximate surface area is 112 Å². The highest BCUT2D eigenvalue weighted by atomic mass is 35.5. The van der Waals surface area contributed by atoms with Gasteiger partial charge < -0.3 is 10.4 Å². The van der Waals surface area contributed by atoms with E-state index in [1.54, 1.807) is 6.08 Å². The van der Waals surface area contributed by atoms with Crippen LogP contribution >= 0.6 is 11.6 Å². The lowest BCUT2D eigenvalue weighted by molar-refractivity contribution is -0.132. The summed E-state index contributed by atoms with van der Waals surface area (Å²) in [6, 6.07) is 7.77. The van der Waals surface area contributed by atoms with Crippen LogP contribution in [0.25, 0.3) is 0 Å². The van der Waals surface area contributed by atoms with Crippen molar-refractivity contribution in [2.75, 3.05) is 6.54 Å². The maximum atomic E-state index is 10.8. The van der Waals surface area contributed by atoms with Gasteiger partial charge in [-0.2, -0.15) is 0 Å². The first-order valence-electron chi connectivity index (χ1n) is 5.95. The Balaban J connectivity index is 2.53. The van der Waals surface area contributed by atoms with Crippen LogP contribution in [0.4, 0.5) is 0 Å². The number of rotatable bonds is 6.